The zero-order chi connectivity index (χ0) is 14.2. The number of hydrogen-bond donors (Lipinski definition) is 2. The predicted molar refractivity (Wildman–Crippen MR) is 79.9 cm³/mol. The Morgan fingerprint density at radius 2 is 2.30 bits per heavy atom. The lowest BCUT2D eigenvalue weighted by atomic mass is 10.1. The number of fused-ring (bicyclic) bond motifs is 1. The van der Waals surface area contributed by atoms with Crippen LogP contribution in [0.15, 0.2) is 24.3 Å². The molecule has 0 atom stereocenters. The number of para-hydroxylation sites is 1. The van der Waals surface area contributed by atoms with Gasteiger partial charge in [0.2, 0.25) is 5.91 Å². The van der Waals surface area contributed by atoms with Crippen molar-refractivity contribution < 1.29 is 9.53 Å². The van der Waals surface area contributed by atoms with Crippen molar-refractivity contribution in [3.05, 3.63) is 29.8 Å². The standard InChI is InChI=1S/C15H23N3O2/c1-20-10-4-7-17-15(19)12-18-9-8-16-11-13-5-2-3-6-14(13)18/h2-3,5-6,16H,4,7-12H2,1H3,(H,17,19). The number of amides is 1. The van der Waals surface area contributed by atoms with Crippen molar-refractivity contribution in [1.29, 1.82) is 0 Å². The summed E-state index contributed by atoms with van der Waals surface area (Å²) in [6.07, 6.45) is 0.848. The molecule has 0 bridgehead atoms. The third-order valence-electron chi connectivity index (χ3n) is 3.39. The maximum Gasteiger partial charge on any atom is 0.239 e. The minimum atomic E-state index is 0.0674. The molecule has 0 fully saturated rings. The number of rotatable bonds is 6. The van der Waals surface area contributed by atoms with E-state index in [0.29, 0.717) is 19.7 Å². The van der Waals surface area contributed by atoms with Crippen LogP contribution < -0.4 is 15.5 Å². The number of anilines is 1. The summed E-state index contributed by atoms with van der Waals surface area (Å²) >= 11 is 0. The normalized spacial score (nSPS) is 14.6. The molecule has 0 aromatic heterocycles. The molecular weight excluding hydrogens is 254 g/mol. The fourth-order valence-electron chi connectivity index (χ4n) is 2.36. The highest BCUT2D eigenvalue weighted by Crippen LogP contribution is 2.21. The van der Waals surface area contributed by atoms with Gasteiger partial charge >= 0.3 is 0 Å². The average Bonchev–Trinajstić information content (AvgIpc) is 2.67. The van der Waals surface area contributed by atoms with Gasteiger partial charge in [-0.2, -0.15) is 0 Å². The van der Waals surface area contributed by atoms with E-state index in [1.807, 2.05) is 12.1 Å². The van der Waals surface area contributed by atoms with Crippen molar-refractivity contribution in [2.45, 2.75) is 13.0 Å². The van der Waals surface area contributed by atoms with Crippen molar-refractivity contribution in [2.75, 3.05) is 44.8 Å². The van der Waals surface area contributed by atoms with Gasteiger partial charge in [0.15, 0.2) is 0 Å². The van der Waals surface area contributed by atoms with Crippen molar-refractivity contribution in [3.63, 3.8) is 0 Å². The van der Waals surface area contributed by atoms with E-state index in [4.69, 9.17) is 4.74 Å². The summed E-state index contributed by atoms with van der Waals surface area (Å²) < 4.78 is 4.97. The van der Waals surface area contributed by atoms with Gasteiger partial charge in [0, 0.05) is 45.6 Å². The smallest absolute Gasteiger partial charge is 0.239 e. The summed E-state index contributed by atoms with van der Waals surface area (Å²) in [5, 5.41) is 6.31. The first-order chi connectivity index (χ1) is 9.81. The molecule has 0 aliphatic carbocycles. The first-order valence-electron chi connectivity index (χ1n) is 7.10. The van der Waals surface area contributed by atoms with Gasteiger partial charge in [0.1, 0.15) is 0 Å². The van der Waals surface area contributed by atoms with E-state index in [1.54, 1.807) is 7.11 Å². The summed E-state index contributed by atoms with van der Waals surface area (Å²) in [7, 11) is 1.67. The van der Waals surface area contributed by atoms with Crippen LogP contribution in [-0.2, 0) is 16.1 Å². The maximum atomic E-state index is 12.0. The number of nitrogens with one attached hydrogen (secondary N) is 2. The van der Waals surface area contributed by atoms with Crippen LogP contribution >= 0.6 is 0 Å². The summed E-state index contributed by atoms with van der Waals surface area (Å²) in [6.45, 7) is 4.36. The minimum absolute atomic E-state index is 0.0674. The molecule has 0 unspecified atom stereocenters. The van der Waals surface area contributed by atoms with E-state index in [9.17, 15) is 4.79 Å². The van der Waals surface area contributed by atoms with Gasteiger partial charge < -0.3 is 20.3 Å². The first kappa shape index (κ1) is 14.8. The highest BCUT2D eigenvalue weighted by Gasteiger charge is 2.16. The molecule has 0 radical (unpaired) electrons. The van der Waals surface area contributed by atoms with E-state index < -0.39 is 0 Å². The second-order valence-corrected chi connectivity index (χ2v) is 4.92. The van der Waals surface area contributed by atoms with Crippen LogP contribution in [0.1, 0.15) is 12.0 Å². The van der Waals surface area contributed by atoms with Crippen molar-refractivity contribution in [2.24, 2.45) is 0 Å². The molecule has 1 amide bonds. The van der Waals surface area contributed by atoms with E-state index in [-0.39, 0.29) is 5.91 Å². The van der Waals surface area contributed by atoms with Crippen molar-refractivity contribution >= 4 is 11.6 Å². The average molecular weight is 277 g/mol. The molecular formula is C15H23N3O2. The molecule has 110 valence electrons. The lowest BCUT2D eigenvalue weighted by Gasteiger charge is -2.23. The highest BCUT2D eigenvalue weighted by atomic mass is 16.5. The van der Waals surface area contributed by atoms with Crippen molar-refractivity contribution in [3.8, 4) is 0 Å². The van der Waals surface area contributed by atoms with Gasteiger partial charge in [0.25, 0.3) is 0 Å². The number of ether oxygens (including phenoxy) is 1. The Hall–Kier alpha value is -1.59. The van der Waals surface area contributed by atoms with Crippen LogP contribution in [0.3, 0.4) is 0 Å². The van der Waals surface area contributed by atoms with Gasteiger partial charge in [-0.25, -0.2) is 0 Å². The number of benzene rings is 1. The number of hydrogen-bond acceptors (Lipinski definition) is 4. The quantitative estimate of drug-likeness (QED) is 0.754. The Morgan fingerprint density at radius 3 is 3.15 bits per heavy atom. The lowest BCUT2D eigenvalue weighted by molar-refractivity contribution is -0.119. The molecule has 1 aromatic carbocycles. The summed E-state index contributed by atoms with van der Waals surface area (Å²) in [5.41, 5.74) is 2.40. The van der Waals surface area contributed by atoms with Crippen LogP contribution in [0.2, 0.25) is 0 Å². The fraction of sp³-hybridized carbons (Fsp3) is 0.533. The number of nitrogens with zero attached hydrogens (tertiary/aromatic N) is 1. The minimum Gasteiger partial charge on any atom is -0.385 e. The van der Waals surface area contributed by atoms with Crippen molar-refractivity contribution in [1.82, 2.24) is 10.6 Å². The third-order valence-corrected chi connectivity index (χ3v) is 3.39. The molecule has 1 aliphatic rings. The van der Waals surface area contributed by atoms with Crippen LogP contribution in [0.25, 0.3) is 0 Å². The van der Waals surface area contributed by atoms with E-state index in [1.165, 1.54) is 5.56 Å². The largest absolute Gasteiger partial charge is 0.385 e. The number of carbonyl (C=O) groups is 1. The first-order valence-corrected chi connectivity index (χ1v) is 7.10. The molecule has 0 saturated carbocycles. The van der Waals surface area contributed by atoms with E-state index in [2.05, 4.69) is 27.7 Å². The SMILES string of the molecule is COCCCNC(=O)CN1CCNCc2ccccc21. The molecule has 5 nitrogen and oxygen atoms in total. The zero-order valence-electron chi connectivity index (χ0n) is 12.0. The molecule has 1 aliphatic heterocycles. The molecule has 2 rings (SSSR count). The van der Waals surface area contributed by atoms with Gasteiger partial charge in [-0.05, 0) is 18.1 Å². The molecule has 1 aromatic rings. The Morgan fingerprint density at radius 1 is 1.45 bits per heavy atom. The van der Waals surface area contributed by atoms with Crippen LogP contribution in [0.4, 0.5) is 5.69 Å². The van der Waals surface area contributed by atoms with E-state index >= 15 is 0 Å². The topological polar surface area (TPSA) is 53.6 Å². The molecule has 20 heavy (non-hydrogen) atoms. The second-order valence-electron chi connectivity index (χ2n) is 4.92. The Balaban J connectivity index is 1.90. The van der Waals surface area contributed by atoms with Gasteiger partial charge in [-0.1, -0.05) is 18.2 Å². The summed E-state index contributed by atoms with van der Waals surface area (Å²) in [5.74, 6) is 0.0674. The van der Waals surface area contributed by atoms with Gasteiger partial charge in [-0.3, -0.25) is 4.79 Å². The van der Waals surface area contributed by atoms with E-state index in [0.717, 1.165) is 31.7 Å². The third kappa shape index (κ3) is 4.21. The van der Waals surface area contributed by atoms with Gasteiger partial charge in [0.05, 0.1) is 6.54 Å². The number of methoxy groups -OCH3 is 1. The zero-order valence-corrected chi connectivity index (χ0v) is 12.0. The Kier molecular flexibility index (Phi) is 5.83. The molecule has 0 spiro atoms. The van der Waals surface area contributed by atoms with Crippen LogP contribution in [0, 0.1) is 0 Å². The number of carbonyl (C=O) groups excluding carboxylic acids is 1. The maximum absolute atomic E-state index is 12.0. The Bertz CT molecular complexity index is 437. The molecule has 0 saturated heterocycles. The second kappa shape index (κ2) is 7.87. The predicted octanol–water partition coefficient (Wildman–Crippen LogP) is 0.749. The Labute approximate surface area is 120 Å². The molecule has 2 N–H and O–H groups in total. The summed E-state index contributed by atoms with van der Waals surface area (Å²) in [6, 6.07) is 8.25. The fourth-order valence-corrected chi connectivity index (χ4v) is 2.36. The molecule has 5 heteroatoms. The monoisotopic (exact) mass is 277 g/mol. The van der Waals surface area contributed by atoms with Crippen LogP contribution in [-0.4, -0.2) is 45.8 Å². The molecule has 1 heterocycles. The summed E-state index contributed by atoms with van der Waals surface area (Å²) in [4.78, 5) is 14.1. The van der Waals surface area contributed by atoms with Gasteiger partial charge in [-0.15, -0.1) is 0 Å². The van der Waals surface area contributed by atoms with Crippen LogP contribution in [0.5, 0.6) is 0 Å². The lowest BCUT2D eigenvalue weighted by Crippen LogP contribution is -2.39. The highest BCUT2D eigenvalue weighted by molar-refractivity contribution is 5.81.